The first-order chi connectivity index (χ1) is 9.92. The highest BCUT2D eigenvalue weighted by atomic mass is 127. The Kier molecular flexibility index (Phi) is 5.35. The topological polar surface area (TPSA) is 35.5 Å². The molecule has 0 aliphatic carbocycles. The van der Waals surface area contributed by atoms with Crippen molar-refractivity contribution in [1.82, 2.24) is 0 Å². The molecule has 110 valence electrons. The molecule has 0 aliphatic heterocycles. The highest BCUT2D eigenvalue weighted by molar-refractivity contribution is 14.1. The summed E-state index contributed by atoms with van der Waals surface area (Å²) in [6, 6.07) is 8.18. The molecule has 0 unspecified atom stereocenters. The molecule has 0 aliphatic rings. The molecule has 0 atom stereocenters. The molecule has 2 rings (SSSR count). The summed E-state index contributed by atoms with van der Waals surface area (Å²) >= 11 is 14.1. The SMILES string of the molecule is COc1ccc(C(=O)Oc2cc(Cl)c(C)c(Cl)c2)cc1I. The standard InChI is InChI=1S/C15H11Cl2IO3/c1-8-11(16)6-10(7-12(8)17)21-15(19)9-3-4-14(20-2)13(18)5-9/h3-7H,1-2H3. The van der Waals surface area contributed by atoms with Gasteiger partial charge in [-0.1, -0.05) is 23.2 Å². The van der Waals surface area contributed by atoms with Gasteiger partial charge in [0.25, 0.3) is 0 Å². The van der Waals surface area contributed by atoms with Crippen molar-refractivity contribution < 1.29 is 14.3 Å². The third kappa shape index (κ3) is 3.81. The lowest BCUT2D eigenvalue weighted by Gasteiger charge is -2.09. The molecule has 0 spiro atoms. The van der Waals surface area contributed by atoms with Crippen molar-refractivity contribution in [2.24, 2.45) is 0 Å². The predicted octanol–water partition coefficient (Wildman–Crippen LogP) is 5.13. The third-order valence-electron chi connectivity index (χ3n) is 2.85. The van der Waals surface area contributed by atoms with Gasteiger partial charge in [0.2, 0.25) is 0 Å². The molecule has 0 heterocycles. The van der Waals surface area contributed by atoms with E-state index in [1.807, 2.05) is 0 Å². The molecule has 0 saturated heterocycles. The number of esters is 1. The lowest BCUT2D eigenvalue weighted by Crippen LogP contribution is -2.09. The van der Waals surface area contributed by atoms with E-state index in [0.29, 0.717) is 27.1 Å². The molecule has 0 radical (unpaired) electrons. The van der Waals surface area contributed by atoms with Gasteiger partial charge in [0.1, 0.15) is 11.5 Å². The van der Waals surface area contributed by atoms with Crippen LogP contribution in [0.4, 0.5) is 0 Å². The maximum atomic E-state index is 12.1. The predicted molar refractivity (Wildman–Crippen MR) is 91.9 cm³/mol. The van der Waals surface area contributed by atoms with Crippen LogP contribution in [0.2, 0.25) is 10.0 Å². The van der Waals surface area contributed by atoms with Gasteiger partial charge >= 0.3 is 5.97 Å². The van der Waals surface area contributed by atoms with E-state index < -0.39 is 5.97 Å². The van der Waals surface area contributed by atoms with Crippen molar-refractivity contribution in [2.75, 3.05) is 7.11 Å². The number of carbonyl (C=O) groups excluding carboxylic acids is 1. The molecule has 0 saturated carbocycles. The van der Waals surface area contributed by atoms with Crippen molar-refractivity contribution in [3.63, 3.8) is 0 Å². The number of methoxy groups -OCH3 is 1. The lowest BCUT2D eigenvalue weighted by molar-refractivity contribution is 0.0734. The molecule has 0 N–H and O–H groups in total. The van der Waals surface area contributed by atoms with Gasteiger partial charge < -0.3 is 9.47 Å². The highest BCUT2D eigenvalue weighted by Gasteiger charge is 2.13. The fourth-order valence-electron chi connectivity index (χ4n) is 1.64. The summed E-state index contributed by atoms with van der Waals surface area (Å²) in [6.07, 6.45) is 0. The van der Waals surface area contributed by atoms with E-state index in [2.05, 4.69) is 22.6 Å². The molecular formula is C15H11Cl2IO3. The van der Waals surface area contributed by atoms with Crippen LogP contribution in [-0.4, -0.2) is 13.1 Å². The first-order valence-corrected chi connectivity index (χ1v) is 7.77. The van der Waals surface area contributed by atoms with Gasteiger partial charge in [-0.2, -0.15) is 0 Å². The summed E-state index contributed by atoms with van der Waals surface area (Å²) in [5.74, 6) is 0.534. The maximum absolute atomic E-state index is 12.1. The smallest absolute Gasteiger partial charge is 0.343 e. The van der Waals surface area contributed by atoms with Crippen LogP contribution in [0.3, 0.4) is 0 Å². The van der Waals surface area contributed by atoms with Crippen LogP contribution in [0, 0.1) is 10.5 Å². The van der Waals surface area contributed by atoms with Gasteiger partial charge in [0.15, 0.2) is 0 Å². The molecular weight excluding hydrogens is 426 g/mol. The minimum Gasteiger partial charge on any atom is -0.496 e. The minimum atomic E-state index is -0.480. The first-order valence-electron chi connectivity index (χ1n) is 5.93. The second kappa shape index (κ2) is 6.85. The molecule has 0 bridgehead atoms. The molecule has 0 aromatic heterocycles. The second-order valence-electron chi connectivity index (χ2n) is 4.25. The molecule has 0 fully saturated rings. The highest BCUT2D eigenvalue weighted by Crippen LogP contribution is 2.30. The Balaban J connectivity index is 2.24. The summed E-state index contributed by atoms with van der Waals surface area (Å²) in [5, 5.41) is 0.907. The van der Waals surface area contributed by atoms with Crippen LogP contribution >= 0.6 is 45.8 Å². The summed E-state index contributed by atoms with van der Waals surface area (Å²) in [6.45, 7) is 1.79. The van der Waals surface area contributed by atoms with E-state index in [1.165, 1.54) is 0 Å². The van der Waals surface area contributed by atoms with Gasteiger partial charge in [-0.05, 0) is 65.4 Å². The van der Waals surface area contributed by atoms with Gasteiger partial charge in [-0.3, -0.25) is 0 Å². The van der Waals surface area contributed by atoms with E-state index in [4.69, 9.17) is 32.7 Å². The van der Waals surface area contributed by atoms with Crippen molar-refractivity contribution in [1.29, 1.82) is 0 Å². The van der Waals surface area contributed by atoms with Crippen molar-refractivity contribution in [2.45, 2.75) is 6.92 Å². The maximum Gasteiger partial charge on any atom is 0.343 e. The van der Waals surface area contributed by atoms with E-state index in [0.717, 1.165) is 9.13 Å². The Morgan fingerprint density at radius 3 is 2.29 bits per heavy atom. The van der Waals surface area contributed by atoms with Crippen molar-refractivity contribution in [3.8, 4) is 11.5 Å². The average molecular weight is 437 g/mol. The number of halogens is 3. The van der Waals surface area contributed by atoms with Crippen LogP contribution in [0.25, 0.3) is 0 Å². The van der Waals surface area contributed by atoms with Crippen LogP contribution in [0.5, 0.6) is 11.5 Å². The Morgan fingerprint density at radius 1 is 1.14 bits per heavy atom. The van der Waals surface area contributed by atoms with Crippen LogP contribution in [-0.2, 0) is 0 Å². The van der Waals surface area contributed by atoms with Gasteiger partial charge in [0, 0.05) is 10.0 Å². The molecule has 6 heteroatoms. The van der Waals surface area contributed by atoms with E-state index in [-0.39, 0.29) is 0 Å². The normalized spacial score (nSPS) is 10.3. The van der Waals surface area contributed by atoms with E-state index in [9.17, 15) is 4.79 Å². The largest absolute Gasteiger partial charge is 0.496 e. The van der Waals surface area contributed by atoms with Gasteiger partial charge in [-0.15, -0.1) is 0 Å². The minimum absolute atomic E-state index is 0.312. The summed E-state index contributed by atoms with van der Waals surface area (Å²) < 4.78 is 11.3. The van der Waals surface area contributed by atoms with Crippen LogP contribution < -0.4 is 9.47 Å². The molecule has 21 heavy (non-hydrogen) atoms. The molecule has 2 aromatic carbocycles. The lowest BCUT2D eigenvalue weighted by atomic mass is 10.2. The van der Waals surface area contributed by atoms with Gasteiger partial charge in [-0.25, -0.2) is 4.79 Å². The zero-order chi connectivity index (χ0) is 15.6. The molecule has 0 amide bonds. The number of ether oxygens (including phenoxy) is 2. The second-order valence-corrected chi connectivity index (χ2v) is 6.23. The summed E-state index contributed by atoms with van der Waals surface area (Å²) in [4.78, 5) is 12.1. The number of benzene rings is 2. The van der Waals surface area contributed by atoms with Crippen LogP contribution in [0.15, 0.2) is 30.3 Å². The molecule has 3 nitrogen and oxygen atoms in total. The molecule has 2 aromatic rings. The van der Waals surface area contributed by atoms with E-state index >= 15 is 0 Å². The zero-order valence-corrected chi connectivity index (χ0v) is 14.9. The fraction of sp³-hybridized carbons (Fsp3) is 0.133. The van der Waals surface area contributed by atoms with E-state index in [1.54, 1.807) is 44.4 Å². The van der Waals surface area contributed by atoms with Gasteiger partial charge in [0.05, 0.1) is 16.2 Å². The van der Waals surface area contributed by atoms with Crippen LogP contribution in [0.1, 0.15) is 15.9 Å². The monoisotopic (exact) mass is 436 g/mol. The third-order valence-corrected chi connectivity index (χ3v) is 4.48. The average Bonchev–Trinajstić information content (AvgIpc) is 2.44. The Labute approximate surface area is 146 Å². The first kappa shape index (κ1) is 16.4. The number of carbonyl (C=O) groups is 1. The summed E-state index contributed by atoms with van der Waals surface area (Å²) in [7, 11) is 1.58. The number of hydrogen-bond acceptors (Lipinski definition) is 3. The fourth-order valence-corrected chi connectivity index (χ4v) is 2.84. The Hall–Kier alpha value is -0.980. The Bertz CT molecular complexity index is 678. The zero-order valence-electron chi connectivity index (χ0n) is 11.2. The van der Waals surface area contributed by atoms with Crippen molar-refractivity contribution >= 4 is 51.8 Å². The number of hydrogen-bond donors (Lipinski definition) is 0. The quantitative estimate of drug-likeness (QED) is 0.380. The Morgan fingerprint density at radius 2 is 1.76 bits per heavy atom. The summed E-state index contributed by atoms with van der Waals surface area (Å²) in [5.41, 5.74) is 1.17. The number of rotatable bonds is 3. The van der Waals surface area contributed by atoms with Crippen molar-refractivity contribution in [3.05, 3.63) is 55.1 Å².